The van der Waals surface area contributed by atoms with Gasteiger partial charge < -0.3 is 15.3 Å². The summed E-state index contributed by atoms with van der Waals surface area (Å²) >= 11 is 5.95. The van der Waals surface area contributed by atoms with Crippen LogP contribution in [0.1, 0.15) is 12.5 Å². The summed E-state index contributed by atoms with van der Waals surface area (Å²) in [4.78, 5) is 38.4. The number of carboxylic acid groups (broad SMARTS) is 1. The number of nitrogens with zero attached hydrogens (tertiary/aromatic N) is 2. The van der Waals surface area contributed by atoms with Crippen molar-refractivity contribution in [1.82, 2.24) is 15.1 Å². The number of halogens is 1. The van der Waals surface area contributed by atoms with Crippen LogP contribution in [0.5, 0.6) is 0 Å². The van der Waals surface area contributed by atoms with Crippen LogP contribution >= 0.6 is 11.6 Å². The van der Waals surface area contributed by atoms with Gasteiger partial charge in [0.2, 0.25) is 11.8 Å². The zero-order valence-electron chi connectivity index (χ0n) is 14.1. The van der Waals surface area contributed by atoms with Gasteiger partial charge in [-0.1, -0.05) is 23.7 Å². The third-order valence-corrected chi connectivity index (χ3v) is 4.32. The first-order valence-electron chi connectivity index (χ1n) is 8.10. The Morgan fingerprint density at radius 1 is 1.32 bits per heavy atom. The van der Waals surface area contributed by atoms with Crippen molar-refractivity contribution in [2.24, 2.45) is 0 Å². The lowest BCUT2D eigenvalue weighted by Crippen LogP contribution is -2.56. The third kappa shape index (κ3) is 6.03. The second-order valence-electron chi connectivity index (χ2n) is 6.15. The van der Waals surface area contributed by atoms with E-state index < -0.39 is 5.97 Å². The van der Waals surface area contributed by atoms with Crippen LogP contribution in [0.2, 0.25) is 5.02 Å². The van der Waals surface area contributed by atoms with Crippen molar-refractivity contribution >= 4 is 29.4 Å². The van der Waals surface area contributed by atoms with Gasteiger partial charge in [0, 0.05) is 30.7 Å². The fraction of sp³-hybridized carbons (Fsp3) is 0.471. The Morgan fingerprint density at radius 2 is 2.08 bits per heavy atom. The predicted molar refractivity (Wildman–Crippen MR) is 93.4 cm³/mol. The second-order valence-corrected chi connectivity index (χ2v) is 6.58. The van der Waals surface area contributed by atoms with Crippen LogP contribution in [0.15, 0.2) is 24.3 Å². The quantitative estimate of drug-likeness (QED) is 0.769. The maximum absolute atomic E-state index is 12.5. The number of aliphatic carboxylic acids is 1. The summed E-state index contributed by atoms with van der Waals surface area (Å²) in [6.45, 7) is 3.37. The number of hydrogen-bond acceptors (Lipinski definition) is 4. The van der Waals surface area contributed by atoms with Crippen molar-refractivity contribution in [3.05, 3.63) is 34.9 Å². The van der Waals surface area contributed by atoms with Crippen molar-refractivity contribution < 1.29 is 19.5 Å². The van der Waals surface area contributed by atoms with Crippen LogP contribution in [-0.4, -0.2) is 71.5 Å². The molecule has 0 radical (unpaired) electrons. The molecule has 25 heavy (non-hydrogen) atoms. The summed E-state index contributed by atoms with van der Waals surface area (Å²) in [6.07, 6.45) is 0.296. The van der Waals surface area contributed by atoms with Gasteiger partial charge in [-0.05, 0) is 24.6 Å². The van der Waals surface area contributed by atoms with E-state index in [9.17, 15) is 14.4 Å². The highest BCUT2D eigenvalue weighted by Crippen LogP contribution is 2.15. The van der Waals surface area contributed by atoms with E-state index in [0.29, 0.717) is 31.1 Å². The Balaban J connectivity index is 1.83. The second kappa shape index (κ2) is 8.82. The number of benzene rings is 1. The fourth-order valence-corrected chi connectivity index (χ4v) is 3.12. The standard InChI is InChI=1S/C17H22ClN3O4/c1-12-10-20(11-15(22)19-9-17(24)25)5-6-21(12)16(23)8-13-3-2-4-14(18)7-13/h2-4,7,12H,5-6,8-11H2,1H3,(H,19,22)(H,24,25). The number of carboxylic acids is 1. The SMILES string of the molecule is CC1CN(CC(=O)NCC(=O)O)CCN1C(=O)Cc1cccc(Cl)c1. The first-order valence-corrected chi connectivity index (χ1v) is 8.47. The van der Waals surface area contributed by atoms with Crippen LogP contribution in [0.4, 0.5) is 0 Å². The third-order valence-electron chi connectivity index (χ3n) is 4.08. The van der Waals surface area contributed by atoms with Crippen molar-refractivity contribution in [3.63, 3.8) is 0 Å². The number of piperazine rings is 1. The molecule has 1 saturated heterocycles. The average Bonchev–Trinajstić information content (AvgIpc) is 2.53. The van der Waals surface area contributed by atoms with E-state index in [0.717, 1.165) is 5.56 Å². The lowest BCUT2D eigenvalue weighted by atomic mass is 10.1. The minimum Gasteiger partial charge on any atom is -0.480 e. The average molecular weight is 368 g/mol. The molecule has 2 N–H and O–H groups in total. The van der Waals surface area contributed by atoms with Crippen LogP contribution in [-0.2, 0) is 20.8 Å². The number of carbonyl (C=O) groups is 3. The number of nitrogens with one attached hydrogen (secondary N) is 1. The molecule has 7 nitrogen and oxygen atoms in total. The normalized spacial score (nSPS) is 18.0. The molecular weight excluding hydrogens is 346 g/mol. The Bertz CT molecular complexity index is 653. The summed E-state index contributed by atoms with van der Waals surface area (Å²) < 4.78 is 0. The molecule has 0 bridgehead atoms. The molecule has 2 rings (SSSR count). The summed E-state index contributed by atoms with van der Waals surface area (Å²) in [7, 11) is 0. The van der Waals surface area contributed by atoms with Crippen LogP contribution in [0.25, 0.3) is 0 Å². The van der Waals surface area contributed by atoms with Gasteiger partial charge in [0.15, 0.2) is 0 Å². The number of rotatable bonds is 6. The van der Waals surface area contributed by atoms with Gasteiger partial charge in [-0.15, -0.1) is 0 Å². The van der Waals surface area contributed by atoms with E-state index in [4.69, 9.17) is 16.7 Å². The zero-order chi connectivity index (χ0) is 18.4. The molecule has 8 heteroatoms. The molecule has 1 aliphatic heterocycles. The van der Waals surface area contributed by atoms with Crippen molar-refractivity contribution in [3.8, 4) is 0 Å². The van der Waals surface area contributed by atoms with Gasteiger partial charge in [0.05, 0.1) is 13.0 Å². The zero-order valence-corrected chi connectivity index (χ0v) is 14.8. The Labute approximate surface area is 151 Å². The first kappa shape index (κ1) is 19.2. The van der Waals surface area contributed by atoms with Crippen molar-refractivity contribution in [2.75, 3.05) is 32.7 Å². The van der Waals surface area contributed by atoms with Gasteiger partial charge in [-0.3, -0.25) is 19.3 Å². The summed E-state index contributed by atoms with van der Waals surface area (Å²) in [5.74, 6) is -1.36. The highest BCUT2D eigenvalue weighted by atomic mass is 35.5. The molecule has 1 fully saturated rings. The first-order chi connectivity index (χ1) is 11.8. The van der Waals surface area contributed by atoms with E-state index in [-0.39, 0.29) is 30.9 Å². The molecular formula is C17H22ClN3O4. The molecule has 136 valence electrons. The summed E-state index contributed by atoms with van der Waals surface area (Å²) in [5, 5.41) is 11.5. The number of amides is 2. The molecule has 1 atom stereocenters. The van der Waals surface area contributed by atoms with Gasteiger partial charge in [-0.2, -0.15) is 0 Å². The van der Waals surface area contributed by atoms with Gasteiger partial charge in [-0.25, -0.2) is 0 Å². The monoisotopic (exact) mass is 367 g/mol. The van der Waals surface area contributed by atoms with Crippen LogP contribution < -0.4 is 5.32 Å². The van der Waals surface area contributed by atoms with Crippen molar-refractivity contribution in [1.29, 1.82) is 0 Å². The minimum atomic E-state index is -1.07. The lowest BCUT2D eigenvalue weighted by molar-refractivity contribution is -0.139. The number of carbonyl (C=O) groups excluding carboxylic acids is 2. The van der Waals surface area contributed by atoms with Gasteiger partial charge in [0.1, 0.15) is 6.54 Å². The molecule has 1 heterocycles. The highest BCUT2D eigenvalue weighted by molar-refractivity contribution is 6.30. The van der Waals surface area contributed by atoms with E-state index in [1.54, 1.807) is 12.1 Å². The maximum Gasteiger partial charge on any atom is 0.322 e. The molecule has 1 unspecified atom stereocenters. The van der Waals surface area contributed by atoms with Crippen molar-refractivity contribution in [2.45, 2.75) is 19.4 Å². The molecule has 0 spiro atoms. The Kier molecular flexibility index (Phi) is 6.78. The largest absolute Gasteiger partial charge is 0.480 e. The summed E-state index contributed by atoms with van der Waals surface area (Å²) in [5.41, 5.74) is 0.875. The molecule has 1 aliphatic rings. The fourth-order valence-electron chi connectivity index (χ4n) is 2.90. The number of hydrogen-bond donors (Lipinski definition) is 2. The predicted octanol–water partition coefficient (Wildman–Crippen LogP) is 0.616. The molecule has 1 aromatic carbocycles. The van der Waals surface area contributed by atoms with Gasteiger partial charge >= 0.3 is 5.97 Å². The summed E-state index contributed by atoms with van der Waals surface area (Å²) in [6, 6.07) is 7.23. The van der Waals surface area contributed by atoms with E-state index in [1.807, 2.05) is 28.9 Å². The van der Waals surface area contributed by atoms with Gasteiger partial charge in [0.25, 0.3) is 0 Å². The Morgan fingerprint density at radius 3 is 2.72 bits per heavy atom. The van der Waals surface area contributed by atoms with Crippen LogP contribution in [0, 0.1) is 0 Å². The Hall–Kier alpha value is -2.12. The molecule has 1 aromatic rings. The molecule has 0 aromatic heterocycles. The minimum absolute atomic E-state index is 0.0206. The highest BCUT2D eigenvalue weighted by Gasteiger charge is 2.28. The van der Waals surface area contributed by atoms with E-state index >= 15 is 0 Å². The van der Waals surface area contributed by atoms with E-state index in [1.165, 1.54) is 0 Å². The molecule has 0 saturated carbocycles. The molecule has 2 amide bonds. The molecule has 0 aliphatic carbocycles. The lowest BCUT2D eigenvalue weighted by Gasteiger charge is -2.39. The topological polar surface area (TPSA) is 89.9 Å². The van der Waals surface area contributed by atoms with Crippen LogP contribution in [0.3, 0.4) is 0 Å². The smallest absolute Gasteiger partial charge is 0.322 e. The maximum atomic E-state index is 12.5. The van der Waals surface area contributed by atoms with E-state index in [2.05, 4.69) is 5.32 Å².